The van der Waals surface area contributed by atoms with Gasteiger partial charge in [-0.15, -0.1) is 11.3 Å². The number of halogens is 3. The first-order valence-electron chi connectivity index (χ1n) is 9.61. The average molecular weight is 451 g/mol. The number of hydrogen-bond acceptors (Lipinski definition) is 7. The molecule has 1 aliphatic heterocycles. The molecule has 4 heterocycles. The van der Waals surface area contributed by atoms with Crippen molar-refractivity contribution in [2.75, 3.05) is 30.4 Å². The van der Waals surface area contributed by atoms with E-state index in [9.17, 15) is 18.0 Å². The number of thiazole rings is 1. The molecule has 0 radical (unpaired) electrons. The summed E-state index contributed by atoms with van der Waals surface area (Å²) in [5.41, 5.74) is -0.979. The highest BCUT2D eigenvalue weighted by Crippen LogP contribution is 2.36. The van der Waals surface area contributed by atoms with Crippen LogP contribution in [0.5, 0.6) is 0 Å². The molecule has 0 aromatic carbocycles. The molecule has 164 valence electrons. The summed E-state index contributed by atoms with van der Waals surface area (Å²) in [5, 5.41) is 8.52. The lowest BCUT2D eigenvalue weighted by atomic mass is 10.1. The highest BCUT2D eigenvalue weighted by molar-refractivity contribution is 7.13. The van der Waals surface area contributed by atoms with Crippen molar-refractivity contribution < 1.29 is 18.0 Å². The molecule has 1 saturated heterocycles. The van der Waals surface area contributed by atoms with Crippen LogP contribution in [0.1, 0.15) is 28.9 Å². The van der Waals surface area contributed by atoms with E-state index < -0.39 is 17.6 Å². The molecule has 3 N–H and O–H groups in total. The van der Waals surface area contributed by atoms with E-state index >= 15 is 0 Å². The maximum atomic E-state index is 13.6. The largest absolute Gasteiger partial charge is 0.419 e. The highest BCUT2D eigenvalue weighted by Gasteiger charge is 2.36. The van der Waals surface area contributed by atoms with Gasteiger partial charge in [0.1, 0.15) is 11.3 Å². The number of piperidine rings is 1. The molecule has 1 atom stereocenters. The molecule has 0 bridgehead atoms. The van der Waals surface area contributed by atoms with Gasteiger partial charge in [0.05, 0.1) is 5.69 Å². The summed E-state index contributed by atoms with van der Waals surface area (Å²) in [6, 6.07) is 1.39. The third kappa shape index (κ3) is 4.69. The number of H-pyrrole nitrogens is 1. The van der Waals surface area contributed by atoms with Crippen LogP contribution in [0.15, 0.2) is 30.0 Å². The number of aromatic nitrogens is 4. The van der Waals surface area contributed by atoms with Gasteiger partial charge in [-0.1, -0.05) is 0 Å². The summed E-state index contributed by atoms with van der Waals surface area (Å²) >= 11 is 1.28. The Balaban J connectivity index is 1.64. The minimum Gasteiger partial charge on any atom is -0.357 e. The minimum absolute atomic E-state index is 0.0358. The van der Waals surface area contributed by atoms with Crippen LogP contribution in [0.2, 0.25) is 0 Å². The topological polar surface area (TPSA) is 98.8 Å². The van der Waals surface area contributed by atoms with Crippen molar-refractivity contribution in [2.45, 2.75) is 25.1 Å². The van der Waals surface area contributed by atoms with Crippen molar-refractivity contribution in [3.63, 3.8) is 0 Å². The summed E-state index contributed by atoms with van der Waals surface area (Å²) in [7, 11) is 1.55. The van der Waals surface area contributed by atoms with Crippen molar-refractivity contribution in [1.82, 2.24) is 25.3 Å². The Hall–Kier alpha value is -2.99. The average Bonchev–Trinajstić information content (AvgIpc) is 3.45. The second-order valence-corrected chi connectivity index (χ2v) is 8.00. The number of carbonyl (C=O) groups excluding carboxylic acids is 1. The number of carbonyl (C=O) groups is 1. The van der Waals surface area contributed by atoms with Crippen LogP contribution < -0.4 is 15.5 Å². The summed E-state index contributed by atoms with van der Waals surface area (Å²) in [6.07, 6.45) is 0.874. The molecular formula is C19H20F3N7OS. The fourth-order valence-corrected chi connectivity index (χ4v) is 3.95. The summed E-state index contributed by atoms with van der Waals surface area (Å²) in [6.45, 7) is 1.60. The molecule has 31 heavy (non-hydrogen) atoms. The number of nitrogens with zero attached hydrogens (tertiary/aromatic N) is 4. The highest BCUT2D eigenvalue weighted by atomic mass is 32.1. The van der Waals surface area contributed by atoms with Crippen LogP contribution in [-0.4, -0.2) is 52.0 Å². The van der Waals surface area contributed by atoms with E-state index in [1.165, 1.54) is 28.5 Å². The molecule has 0 saturated carbocycles. The zero-order valence-electron chi connectivity index (χ0n) is 16.5. The van der Waals surface area contributed by atoms with Gasteiger partial charge in [0.2, 0.25) is 5.95 Å². The zero-order chi connectivity index (χ0) is 22.0. The number of nitrogens with one attached hydrogen (secondary N) is 3. The van der Waals surface area contributed by atoms with E-state index in [0.29, 0.717) is 11.7 Å². The van der Waals surface area contributed by atoms with E-state index in [1.54, 1.807) is 18.6 Å². The Morgan fingerprint density at radius 2 is 2.19 bits per heavy atom. The monoisotopic (exact) mass is 451 g/mol. The van der Waals surface area contributed by atoms with Gasteiger partial charge in [-0.05, 0) is 25.5 Å². The molecule has 0 aliphatic carbocycles. The predicted octanol–water partition coefficient (Wildman–Crippen LogP) is 3.39. The molecule has 0 unspecified atom stereocenters. The molecule has 12 heteroatoms. The van der Waals surface area contributed by atoms with E-state index in [4.69, 9.17) is 0 Å². The van der Waals surface area contributed by atoms with Gasteiger partial charge in [-0.3, -0.25) is 9.69 Å². The molecule has 1 aliphatic rings. The minimum atomic E-state index is -4.64. The molecule has 8 nitrogen and oxygen atoms in total. The van der Waals surface area contributed by atoms with Gasteiger partial charge in [0.15, 0.2) is 5.13 Å². The normalized spacial score (nSPS) is 16.8. The second-order valence-electron chi connectivity index (χ2n) is 7.12. The summed E-state index contributed by atoms with van der Waals surface area (Å²) in [4.78, 5) is 28.8. The second kappa shape index (κ2) is 8.63. The van der Waals surface area contributed by atoms with Crippen molar-refractivity contribution >= 4 is 28.3 Å². The molecule has 0 spiro atoms. The lowest BCUT2D eigenvalue weighted by Gasteiger charge is -2.24. The number of aromatic amines is 1. The Bertz CT molecular complexity index is 1050. The van der Waals surface area contributed by atoms with Gasteiger partial charge in [0.25, 0.3) is 5.91 Å². The van der Waals surface area contributed by atoms with Crippen molar-refractivity contribution in [1.29, 1.82) is 0 Å². The first kappa shape index (κ1) is 21.2. The first-order chi connectivity index (χ1) is 14.8. The van der Waals surface area contributed by atoms with E-state index in [1.807, 2.05) is 0 Å². The van der Waals surface area contributed by atoms with E-state index in [-0.39, 0.29) is 28.9 Å². The Kier molecular flexibility index (Phi) is 5.92. The van der Waals surface area contributed by atoms with Gasteiger partial charge < -0.3 is 15.6 Å². The smallest absolute Gasteiger partial charge is 0.357 e. The lowest BCUT2D eigenvalue weighted by Crippen LogP contribution is -2.38. The molecular weight excluding hydrogens is 431 g/mol. The summed E-state index contributed by atoms with van der Waals surface area (Å²) in [5.74, 6) is -0.305. The van der Waals surface area contributed by atoms with E-state index in [0.717, 1.165) is 25.6 Å². The van der Waals surface area contributed by atoms with Gasteiger partial charge in [-0.25, -0.2) is 15.0 Å². The van der Waals surface area contributed by atoms with Crippen molar-refractivity contribution in [3.8, 4) is 11.3 Å². The van der Waals surface area contributed by atoms with Crippen LogP contribution >= 0.6 is 11.3 Å². The number of hydrogen-bond donors (Lipinski definition) is 3. The summed E-state index contributed by atoms with van der Waals surface area (Å²) < 4.78 is 40.8. The zero-order valence-corrected chi connectivity index (χ0v) is 17.3. The Labute approximate surface area is 179 Å². The third-order valence-corrected chi connectivity index (χ3v) is 5.77. The molecule has 1 amide bonds. The van der Waals surface area contributed by atoms with Gasteiger partial charge in [-0.2, -0.15) is 13.2 Å². The molecule has 4 rings (SSSR count). The molecule has 3 aromatic rings. The standard InChI is InChI=1S/C19H20F3N7OS/c1-29(18-24-5-6-31-18)16(30)14-7-11(8-25-14)15-13(19(20,21)22)10-26-17(28-15)27-12-3-2-4-23-9-12/h5-8,10,12,23,25H,2-4,9H2,1H3,(H,26,27,28)/t12-/m0/s1. The quantitative estimate of drug-likeness (QED) is 0.550. The third-order valence-electron chi connectivity index (χ3n) is 4.92. The van der Waals surface area contributed by atoms with Crippen molar-refractivity contribution in [2.24, 2.45) is 0 Å². The van der Waals surface area contributed by atoms with Crippen LogP contribution in [0.4, 0.5) is 24.3 Å². The maximum Gasteiger partial charge on any atom is 0.419 e. The van der Waals surface area contributed by atoms with Crippen LogP contribution in [0, 0.1) is 0 Å². The predicted molar refractivity (Wildman–Crippen MR) is 111 cm³/mol. The SMILES string of the molecule is CN(C(=O)c1cc(-c2nc(N[C@H]3CCCNC3)ncc2C(F)(F)F)c[nH]1)c1nccs1. The van der Waals surface area contributed by atoms with Gasteiger partial charge in [0, 0.05) is 49.2 Å². The van der Waals surface area contributed by atoms with Gasteiger partial charge >= 0.3 is 6.18 Å². The fourth-order valence-electron chi connectivity index (χ4n) is 3.34. The number of amides is 1. The Morgan fingerprint density at radius 3 is 2.87 bits per heavy atom. The number of alkyl halides is 3. The van der Waals surface area contributed by atoms with Crippen molar-refractivity contribution in [3.05, 3.63) is 41.3 Å². The van der Waals surface area contributed by atoms with Crippen LogP contribution in [0.25, 0.3) is 11.3 Å². The van der Waals surface area contributed by atoms with Crippen LogP contribution in [0.3, 0.4) is 0 Å². The fraction of sp³-hybridized carbons (Fsp3) is 0.368. The maximum absolute atomic E-state index is 13.6. The first-order valence-corrected chi connectivity index (χ1v) is 10.5. The van der Waals surface area contributed by atoms with Crippen LogP contribution in [-0.2, 0) is 6.18 Å². The van der Waals surface area contributed by atoms with E-state index in [2.05, 4.69) is 30.6 Å². The lowest BCUT2D eigenvalue weighted by molar-refractivity contribution is -0.137. The Morgan fingerprint density at radius 1 is 1.35 bits per heavy atom. The number of anilines is 2. The molecule has 3 aromatic heterocycles. The molecule has 1 fully saturated rings. The number of rotatable bonds is 5.